The minimum atomic E-state index is -0.240. The van der Waals surface area contributed by atoms with Crippen molar-refractivity contribution in [2.24, 2.45) is 0 Å². The number of likely N-dealkylation sites (tertiary alicyclic amines) is 1. The molecule has 1 fully saturated rings. The zero-order valence-electron chi connectivity index (χ0n) is 10.2. The minimum Gasteiger partial charge on any atom is -0.392 e. The van der Waals surface area contributed by atoms with E-state index in [1.807, 2.05) is 24.3 Å². The number of nitrogens with zero attached hydrogens (tertiary/aromatic N) is 1. The fourth-order valence-corrected chi connectivity index (χ4v) is 2.19. The summed E-state index contributed by atoms with van der Waals surface area (Å²) in [5, 5.41) is 9.28. The lowest BCUT2D eigenvalue weighted by molar-refractivity contribution is 0.276. The minimum absolute atomic E-state index is 0.0297. The molecule has 1 aliphatic rings. The number of hydrogen-bond donors (Lipinski definition) is 1. The fourth-order valence-electron chi connectivity index (χ4n) is 2.19. The molecule has 0 amide bonds. The predicted octanol–water partition coefficient (Wildman–Crippen LogP) is 1.82. The first-order valence-corrected chi connectivity index (χ1v) is 5.55. The molecule has 1 N–H and O–H groups in total. The molecule has 0 radical (unpaired) electrons. The molecular formula is C13H19NO. The number of aliphatic hydroxyl groups is 1. The van der Waals surface area contributed by atoms with Crippen LogP contribution in [0.1, 0.15) is 25.3 Å². The summed E-state index contributed by atoms with van der Waals surface area (Å²) in [7, 11) is 2.08. The first-order chi connectivity index (χ1) is 7.74. The topological polar surface area (TPSA) is 23.5 Å². The maximum Gasteiger partial charge on any atom is 0.0684 e. The average Bonchev–Trinajstić information content (AvgIpc) is 2.74. The summed E-state index contributed by atoms with van der Waals surface area (Å²) in [4.78, 5) is 2.26. The molecule has 0 saturated carbocycles. The second-order valence-electron chi connectivity index (χ2n) is 4.21. The number of rotatable bonds is 3. The van der Waals surface area contributed by atoms with Gasteiger partial charge in [0.25, 0.3) is 0 Å². The molecule has 2 nitrogen and oxygen atoms in total. The number of aliphatic hydroxyl groups excluding tert-OH is 1. The van der Waals surface area contributed by atoms with Gasteiger partial charge in [0.2, 0.25) is 0 Å². The quantitative estimate of drug-likeness (QED) is 0.815. The van der Waals surface area contributed by atoms with Gasteiger partial charge in [-0.3, -0.25) is 0 Å². The third-order valence-electron chi connectivity index (χ3n) is 3.17. The number of likely N-dealkylation sites (N-methyl/N-ethyl adjacent to an activating group) is 1. The fraction of sp³-hybridized carbons (Fsp3) is 0.538. The molecule has 15 heavy (non-hydrogen) atoms. The third kappa shape index (κ3) is 2.39. The zero-order valence-corrected chi connectivity index (χ0v) is 9.19. The van der Waals surface area contributed by atoms with Crippen molar-refractivity contribution in [2.75, 3.05) is 13.6 Å². The highest BCUT2D eigenvalue weighted by atomic mass is 16.3. The maximum atomic E-state index is 9.28. The Hall–Kier alpha value is -0.860. The highest BCUT2D eigenvalue weighted by Gasteiger charge is 2.21. The molecule has 1 aromatic rings. The average molecular weight is 206 g/mol. The Morgan fingerprint density at radius 2 is 2.20 bits per heavy atom. The van der Waals surface area contributed by atoms with Crippen molar-refractivity contribution in [3.05, 3.63) is 35.4 Å². The van der Waals surface area contributed by atoms with E-state index >= 15 is 0 Å². The molecule has 0 unspecified atom stereocenters. The molecule has 2 atom stereocenters. The van der Waals surface area contributed by atoms with Crippen LogP contribution in [0.15, 0.2) is 24.3 Å². The summed E-state index contributed by atoms with van der Waals surface area (Å²) >= 11 is 0. The Morgan fingerprint density at radius 1 is 1.47 bits per heavy atom. The van der Waals surface area contributed by atoms with Crippen molar-refractivity contribution in [3.8, 4) is 0 Å². The molecule has 0 aromatic heterocycles. The van der Waals surface area contributed by atoms with Gasteiger partial charge in [-0.25, -0.2) is 0 Å². The molecule has 0 spiro atoms. The first kappa shape index (κ1) is 9.37. The lowest BCUT2D eigenvalue weighted by atomic mass is 9.99. The predicted molar refractivity (Wildman–Crippen MR) is 61.7 cm³/mol. The van der Waals surface area contributed by atoms with Gasteiger partial charge in [0.1, 0.15) is 0 Å². The number of benzene rings is 1. The molecule has 1 saturated heterocycles. The lowest BCUT2D eigenvalue weighted by Gasteiger charge is -2.20. The van der Waals surface area contributed by atoms with E-state index in [1.54, 1.807) is 0 Å². The van der Waals surface area contributed by atoms with Crippen molar-refractivity contribution in [2.45, 2.75) is 31.9 Å². The van der Waals surface area contributed by atoms with Crippen LogP contribution < -0.4 is 0 Å². The van der Waals surface area contributed by atoms with E-state index in [0.29, 0.717) is 6.04 Å². The van der Waals surface area contributed by atoms with Gasteiger partial charge in [0.15, 0.2) is 0 Å². The van der Waals surface area contributed by atoms with Crippen LogP contribution in [-0.2, 0) is 13.0 Å². The van der Waals surface area contributed by atoms with Crippen LogP contribution in [-0.4, -0.2) is 29.6 Å². The van der Waals surface area contributed by atoms with Crippen molar-refractivity contribution in [3.63, 3.8) is 0 Å². The maximum absolute atomic E-state index is 9.28. The summed E-state index contributed by atoms with van der Waals surface area (Å²) < 4.78 is 8.33. The lowest BCUT2D eigenvalue weighted by Crippen LogP contribution is -2.27. The Labute approximate surface area is 92.9 Å². The molecule has 2 heteroatoms. The van der Waals surface area contributed by atoms with Crippen molar-refractivity contribution >= 4 is 0 Å². The van der Waals surface area contributed by atoms with Gasteiger partial charge in [-0.2, -0.15) is 0 Å². The molecular weight excluding hydrogens is 186 g/mol. The van der Waals surface area contributed by atoms with Crippen LogP contribution in [0, 0.1) is 0 Å². The Balaban J connectivity index is 2.22. The monoisotopic (exact) mass is 206 g/mol. The van der Waals surface area contributed by atoms with Gasteiger partial charge >= 0.3 is 0 Å². The SMILES string of the molecule is [2H][C@@H](c1ccccc1CO)[C@H]1CCCN1C. The molecule has 0 aliphatic carbocycles. The van der Waals surface area contributed by atoms with Crippen molar-refractivity contribution in [1.29, 1.82) is 0 Å². The van der Waals surface area contributed by atoms with Gasteiger partial charge in [0.05, 0.1) is 6.61 Å². The second kappa shape index (κ2) is 4.77. The van der Waals surface area contributed by atoms with Crippen LogP contribution in [0.25, 0.3) is 0 Å². The highest BCUT2D eigenvalue weighted by Crippen LogP contribution is 2.21. The smallest absolute Gasteiger partial charge is 0.0684 e. The van der Waals surface area contributed by atoms with E-state index in [-0.39, 0.29) is 13.0 Å². The van der Waals surface area contributed by atoms with Gasteiger partial charge in [-0.05, 0) is 44.0 Å². The Kier molecular flexibility index (Phi) is 2.98. The zero-order chi connectivity index (χ0) is 11.5. The van der Waals surface area contributed by atoms with E-state index in [1.165, 1.54) is 6.42 Å². The summed E-state index contributed by atoms with van der Waals surface area (Å²) in [6.07, 6.45) is 2.03. The van der Waals surface area contributed by atoms with Gasteiger partial charge in [-0.1, -0.05) is 24.3 Å². The van der Waals surface area contributed by atoms with Crippen LogP contribution in [0.5, 0.6) is 0 Å². The van der Waals surface area contributed by atoms with E-state index < -0.39 is 0 Å². The summed E-state index contributed by atoms with van der Waals surface area (Å²) in [6.45, 7) is 1.11. The van der Waals surface area contributed by atoms with Crippen LogP contribution in [0.4, 0.5) is 0 Å². The molecule has 2 rings (SSSR count). The molecule has 0 bridgehead atoms. The normalized spacial score (nSPS) is 25.2. The molecule has 82 valence electrons. The second-order valence-corrected chi connectivity index (χ2v) is 4.21. The Bertz CT molecular complexity index is 356. The van der Waals surface area contributed by atoms with E-state index in [2.05, 4.69) is 11.9 Å². The van der Waals surface area contributed by atoms with E-state index in [0.717, 1.165) is 24.1 Å². The van der Waals surface area contributed by atoms with Crippen LogP contribution >= 0.6 is 0 Å². The van der Waals surface area contributed by atoms with Crippen LogP contribution in [0.3, 0.4) is 0 Å². The van der Waals surface area contributed by atoms with E-state index in [9.17, 15) is 5.11 Å². The largest absolute Gasteiger partial charge is 0.392 e. The first-order valence-electron chi connectivity index (χ1n) is 6.13. The third-order valence-corrected chi connectivity index (χ3v) is 3.17. The highest BCUT2D eigenvalue weighted by molar-refractivity contribution is 5.27. The number of hydrogen-bond acceptors (Lipinski definition) is 2. The Morgan fingerprint density at radius 3 is 2.80 bits per heavy atom. The van der Waals surface area contributed by atoms with Gasteiger partial charge in [0, 0.05) is 7.41 Å². The molecule has 1 aromatic carbocycles. The van der Waals surface area contributed by atoms with Gasteiger partial charge < -0.3 is 10.0 Å². The van der Waals surface area contributed by atoms with Crippen molar-refractivity contribution in [1.82, 2.24) is 4.90 Å². The standard InChI is InChI=1S/C13H19NO/c1-14-8-4-7-13(14)9-11-5-2-3-6-12(11)10-15/h2-3,5-6,13,15H,4,7-10H2,1H3/t13-/m1/s1/i9D/t9-,13+/m0. The van der Waals surface area contributed by atoms with Crippen molar-refractivity contribution < 1.29 is 6.48 Å². The molecule has 1 heterocycles. The molecule has 1 aliphatic heterocycles. The summed E-state index contributed by atoms with van der Waals surface area (Å²) in [5.74, 6) is 0. The van der Waals surface area contributed by atoms with Crippen LogP contribution in [0.2, 0.25) is 0 Å². The summed E-state index contributed by atoms with van der Waals surface area (Å²) in [6, 6.07) is 8.04. The van der Waals surface area contributed by atoms with E-state index in [4.69, 9.17) is 1.37 Å². The summed E-state index contributed by atoms with van der Waals surface area (Å²) in [5.41, 5.74) is 1.87. The van der Waals surface area contributed by atoms with Gasteiger partial charge in [-0.15, -0.1) is 0 Å².